The molecular weight excluding hydrogens is 301 g/mol. The van der Waals surface area contributed by atoms with E-state index in [9.17, 15) is 14.9 Å². The summed E-state index contributed by atoms with van der Waals surface area (Å²) in [6.07, 6.45) is 1.36. The molecule has 0 unspecified atom stereocenters. The topological polar surface area (TPSA) is 78.0 Å². The number of nitro groups is 1. The van der Waals surface area contributed by atoms with Gasteiger partial charge in [0.05, 0.1) is 27.3 Å². The molecule has 0 radical (unpaired) electrons. The number of ketones is 1. The number of carbonyl (C=O) groups excluding carboxylic acids is 1. The first-order chi connectivity index (χ1) is 8.47. The van der Waals surface area contributed by atoms with Gasteiger partial charge in [-0.1, -0.05) is 23.2 Å². The van der Waals surface area contributed by atoms with Crippen molar-refractivity contribution in [2.45, 2.75) is 6.54 Å². The molecule has 2 rings (SSSR count). The summed E-state index contributed by atoms with van der Waals surface area (Å²) in [5, 5.41) is 14.1. The van der Waals surface area contributed by atoms with Gasteiger partial charge in [-0.05, 0) is 11.0 Å². The fraction of sp³-hybridized carbons (Fsp3) is 0.111. The summed E-state index contributed by atoms with van der Waals surface area (Å²) in [5.74, 6) is -0.613. The standard InChI is InChI=1S/C9H5Cl2N3O3S/c10-7-3-5(9(11)18-7)6(15)4-13-2-1-8(12-13)14(16)17/h1-3H,4H2. The Hall–Kier alpha value is -1.44. The number of hydrogen-bond donors (Lipinski definition) is 0. The molecule has 6 nitrogen and oxygen atoms in total. The Kier molecular flexibility index (Phi) is 3.65. The van der Waals surface area contributed by atoms with Crippen LogP contribution >= 0.6 is 34.5 Å². The molecular formula is C9H5Cl2N3O3S. The first-order valence-electron chi connectivity index (χ1n) is 4.63. The molecule has 0 aromatic carbocycles. The summed E-state index contributed by atoms with van der Waals surface area (Å²) in [6, 6.07) is 2.68. The zero-order chi connectivity index (χ0) is 13.3. The van der Waals surface area contributed by atoms with Crippen molar-refractivity contribution in [1.82, 2.24) is 9.78 Å². The Balaban J connectivity index is 2.16. The van der Waals surface area contributed by atoms with Gasteiger partial charge in [0.1, 0.15) is 10.9 Å². The molecule has 94 valence electrons. The Bertz CT molecular complexity index is 622. The summed E-state index contributed by atoms with van der Waals surface area (Å²) >= 11 is 12.7. The summed E-state index contributed by atoms with van der Waals surface area (Å²) in [5.41, 5.74) is 0.296. The van der Waals surface area contributed by atoms with Gasteiger partial charge in [-0.25, -0.2) is 0 Å². The van der Waals surface area contributed by atoms with Crippen LogP contribution in [0.2, 0.25) is 8.67 Å². The van der Waals surface area contributed by atoms with Gasteiger partial charge in [0.25, 0.3) is 0 Å². The van der Waals surface area contributed by atoms with Gasteiger partial charge >= 0.3 is 5.82 Å². The predicted molar refractivity (Wildman–Crippen MR) is 67.6 cm³/mol. The van der Waals surface area contributed by atoms with Crippen LogP contribution in [0, 0.1) is 10.1 Å². The predicted octanol–water partition coefficient (Wildman–Crippen LogP) is 3.04. The van der Waals surface area contributed by atoms with Gasteiger partial charge in [-0.2, -0.15) is 4.68 Å². The Morgan fingerprint density at radius 2 is 2.28 bits per heavy atom. The van der Waals surface area contributed by atoms with Crippen LogP contribution < -0.4 is 0 Å². The lowest BCUT2D eigenvalue weighted by atomic mass is 10.2. The molecule has 0 aliphatic carbocycles. The zero-order valence-corrected chi connectivity index (χ0v) is 11.0. The highest BCUT2D eigenvalue weighted by molar-refractivity contribution is 7.20. The fourth-order valence-corrected chi connectivity index (χ4v) is 2.80. The highest BCUT2D eigenvalue weighted by Crippen LogP contribution is 2.31. The summed E-state index contributed by atoms with van der Waals surface area (Å²) < 4.78 is 1.89. The number of halogens is 2. The lowest BCUT2D eigenvalue weighted by Gasteiger charge is -1.95. The third kappa shape index (κ3) is 2.69. The SMILES string of the molecule is O=C(Cn1ccc([N+](=O)[O-])n1)c1cc(Cl)sc1Cl. The lowest BCUT2D eigenvalue weighted by molar-refractivity contribution is -0.389. The highest BCUT2D eigenvalue weighted by Gasteiger charge is 2.18. The number of rotatable bonds is 4. The average Bonchev–Trinajstić information content (AvgIpc) is 2.85. The van der Waals surface area contributed by atoms with Gasteiger partial charge in [0.15, 0.2) is 5.78 Å². The molecule has 0 saturated heterocycles. The smallest absolute Gasteiger partial charge is 0.358 e. The largest absolute Gasteiger partial charge is 0.389 e. The van der Waals surface area contributed by atoms with E-state index in [1.165, 1.54) is 23.0 Å². The first-order valence-corrected chi connectivity index (χ1v) is 6.20. The van der Waals surface area contributed by atoms with Crippen molar-refractivity contribution in [1.29, 1.82) is 0 Å². The third-order valence-electron chi connectivity index (χ3n) is 2.08. The molecule has 0 aliphatic heterocycles. The maximum absolute atomic E-state index is 11.9. The molecule has 18 heavy (non-hydrogen) atoms. The van der Waals surface area contributed by atoms with Gasteiger partial charge in [0.2, 0.25) is 0 Å². The van der Waals surface area contributed by atoms with Crippen LogP contribution in [-0.2, 0) is 6.54 Å². The second kappa shape index (κ2) is 5.05. The minimum absolute atomic E-state index is 0.124. The minimum Gasteiger partial charge on any atom is -0.358 e. The second-order valence-corrected chi connectivity index (χ2v) is 5.58. The molecule has 0 amide bonds. The highest BCUT2D eigenvalue weighted by atomic mass is 35.5. The number of carbonyl (C=O) groups is 1. The van der Waals surface area contributed by atoms with E-state index in [0.717, 1.165) is 11.3 Å². The molecule has 0 bridgehead atoms. The number of aromatic nitrogens is 2. The van der Waals surface area contributed by atoms with Crippen molar-refractivity contribution in [2.75, 3.05) is 0 Å². The van der Waals surface area contributed by atoms with Crippen LogP contribution in [0.1, 0.15) is 10.4 Å². The summed E-state index contributed by atoms with van der Waals surface area (Å²) in [7, 11) is 0. The van der Waals surface area contributed by atoms with E-state index in [0.29, 0.717) is 14.2 Å². The number of nitrogens with zero attached hydrogens (tertiary/aromatic N) is 3. The van der Waals surface area contributed by atoms with Gasteiger partial charge in [0, 0.05) is 0 Å². The molecule has 2 aromatic heterocycles. The van der Waals surface area contributed by atoms with E-state index >= 15 is 0 Å². The van der Waals surface area contributed by atoms with Crippen LogP contribution in [0.3, 0.4) is 0 Å². The Morgan fingerprint density at radius 3 is 2.78 bits per heavy atom. The van der Waals surface area contributed by atoms with E-state index in [4.69, 9.17) is 23.2 Å². The van der Waals surface area contributed by atoms with E-state index in [2.05, 4.69) is 5.10 Å². The normalized spacial score (nSPS) is 10.6. The molecule has 0 atom stereocenters. The van der Waals surface area contributed by atoms with Crippen molar-refractivity contribution < 1.29 is 9.72 Å². The van der Waals surface area contributed by atoms with Crippen molar-refractivity contribution >= 4 is 46.1 Å². The number of thiophene rings is 1. The summed E-state index contributed by atoms with van der Waals surface area (Å²) in [6.45, 7) is -0.124. The fourth-order valence-electron chi connectivity index (χ4n) is 1.30. The maximum atomic E-state index is 11.9. The average molecular weight is 306 g/mol. The molecule has 2 aromatic rings. The quantitative estimate of drug-likeness (QED) is 0.494. The van der Waals surface area contributed by atoms with Crippen molar-refractivity contribution in [3.63, 3.8) is 0 Å². The van der Waals surface area contributed by atoms with E-state index in [1.54, 1.807) is 0 Å². The molecule has 0 N–H and O–H groups in total. The zero-order valence-electron chi connectivity index (χ0n) is 8.67. The third-order valence-corrected chi connectivity index (χ3v) is 3.56. The van der Waals surface area contributed by atoms with E-state index in [-0.39, 0.29) is 18.1 Å². The molecule has 2 heterocycles. The minimum atomic E-state index is -0.630. The van der Waals surface area contributed by atoms with Crippen LogP contribution in [-0.4, -0.2) is 20.5 Å². The van der Waals surface area contributed by atoms with Crippen molar-refractivity contribution in [3.8, 4) is 0 Å². The molecule has 0 fully saturated rings. The van der Waals surface area contributed by atoms with Gasteiger partial charge < -0.3 is 10.1 Å². The van der Waals surface area contributed by atoms with E-state index < -0.39 is 4.92 Å². The monoisotopic (exact) mass is 305 g/mol. The van der Waals surface area contributed by atoms with Crippen molar-refractivity contribution in [3.05, 3.63) is 42.7 Å². The Labute approximate surface area is 115 Å². The molecule has 0 aliphatic rings. The van der Waals surface area contributed by atoms with Crippen molar-refractivity contribution in [2.24, 2.45) is 0 Å². The molecule has 9 heteroatoms. The van der Waals surface area contributed by atoms with Crippen LogP contribution in [0.5, 0.6) is 0 Å². The molecule has 0 saturated carbocycles. The number of Topliss-reactive ketones (excluding diaryl/α,β-unsaturated/α-hetero) is 1. The Morgan fingerprint density at radius 1 is 1.56 bits per heavy atom. The van der Waals surface area contributed by atoms with Crippen LogP contribution in [0.25, 0.3) is 0 Å². The molecule has 0 spiro atoms. The van der Waals surface area contributed by atoms with Gasteiger partial charge in [-0.15, -0.1) is 11.3 Å². The van der Waals surface area contributed by atoms with Crippen LogP contribution in [0.4, 0.5) is 5.82 Å². The lowest BCUT2D eigenvalue weighted by Crippen LogP contribution is -2.10. The summed E-state index contributed by atoms with van der Waals surface area (Å²) in [4.78, 5) is 21.7. The maximum Gasteiger partial charge on any atom is 0.389 e. The number of hydrogen-bond acceptors (Lipinski definition) is 5. The van der Waals surface area contributed by atoms with E-state index in [1.807, 2.05) is 0 Å². The second-order valence-electron chi connectivity index (χ2n) is 3.29. The first kappa shape index (κ1) is 13.0. The van der Waals surface area contributed by atoms with Crippen LogP contribution in [0.15, 0.2) is 18.3 Å². The van der Waals surface area contributed by atoms with Gasteiger partial charge in [-0.3, -0.25) is 4.79 Å².